The molecule has 1 aromatic carbocycles. The summed E-state index contributed by atoms with van der Waals surface area (Å²) in [4.78, 5) is 16.7. The van der Waals surface area contributed by atoms with Gasteiger partial charge >= 0.3 is 0 Å². The minimum Gasteiger partial charge on any atom is -0.365 e. The van der Waals surface area contributed by atoms with Crippen molar-refractivity contribution >= 4 is 22.9 Å². The third kappa shape index (κ3) is 2.86. The Morgan fingerprint density at radius 1 is 1.32 bits per heavy atom. The Kier molecular flexibility index (Phi) is 3.91. The van der Waals surface area contributed by atoms with Gasteiger partial charge in [-0.05, 0) is 26.0 Å². The molecule has 114 valence electrons. The SMILES string of the molecule is CC(C)n1c(NC(=O)CCc2ccon2)nc2ccccc21. The monoisotopic (exact) mass is 298 g/mol. The summed E-state index contributed by atoms with van der Waals surface area (Å²) in [5.41, 5.74) is 2.67. The average molecular weight is 298 g/mol. The van der Waals surface area contributed by atoms with Crippen molar-refractivity contribution in [3.8, 4) is 0 Å². The number of aryl methyl sites for hydroxylation is 1. The Hall–Kier alpha value is -2.63. The first-order chi connectivity index (χ1) is 10.6. The molecule has 3 aromatic rings. The van der Waals surface area contributed by atoms with Crippen molar-refractivity contribution in [1.82, 2.24) is 14.7 Å². The molecule has 2 heterocycles. The van der Waals surface area contributed by atoms with Gasteiger partial charge in [0.25, 0.3) is 0 Å². The second-order valence-corrected chi connectivity index (χ2v) is 5.43. The van der Waals surface area contributed by atoms with Crippen LogP contribution in [0.5, 0.6) is 0 Å². The van der Waals surface area contributed by atoms with Gasteiger partial charge in [0.05, 0.1) is 16.7 Å². The smallest absolute Gasteiger partial charge is 0.227 e. The van der Waals surface area contributed by atoms with Crippen LogP contribution >= 0.6 is 0 Å². The van der Waals surface area contributed by atoms with Crippen LogP contribution in [0.4, 0.5) is 5.95 Å². The van der Waals surface area contributed by atoms with Gasteiger partial charge in [0.2, 0.25) is 11.9 Å². The number of para-hydroxylation sites is 2. The summed E-state index contributed by atoms with van der Waals surface area (Å²) in [6, 6.07) is 9.83. The maximum absolute atomic E-state index is 12.1. The summed E-state index contributed by atoms with van der Waals surface area (Å²) in [5, 5.41) is 6.70. The maximum atomic E-state index is 12.1. The van der Waals surface area contributed by atoms with Crippen molar-refractivity contribution < 1.29 is 9.32 Å². The minimum atomic E-state index is -0.0831. The van der Waals surface area contributed by atoms with E-state index < -0.39 is 0 Å². The van der Waals surface area contributed by atoms with E-state index in [1.165, 1.54) is 6.26 Å². The number of hydrogen-bond donors (Lipinski definition) is 1. The molecule has 0 atom stereocenters. The van der Waals surface area contributed by atoms with E-state index in [4.69, 9.17) is 4.52 Å². The molecule has 2 aromatic heterocycles. The van der Waals surface area contributed by atoms with Crippen LogP contribution in [0.3, 0.4) is 0 Å². The van der Waals surface area contributed by atoms with E-state index >= 15 is 0 Å². The van der Waals surface area contributed by atoms with Crippen LogP contribution in [-0.4, -0.2) is 20.6 Å². The second kappa shape index (κ2) is 6.01. The Balaban J connectivity index is 1.78. The third-order valence-corrected chi connectivity index (χ3v) is 3.46. The van der Waals surface area contributed by atoms with Gasteiger partial charge in [-0.3, -0.25) is 10.1 Å². The van der Waals surface area contributed by atoms with Gasteiger partial charge < -0.3 is 9.09 Å². The Labute approximate surface area is 128 Å². The van der Waals surface area contributed by atoms with Crippen molar-refractivity contribution in [1.29, 1.82) is 0 Å². The minimum absolute atomic E-state index is 0.0831. The quantitative estimate of drug-likeness (QED) is 0.785. The number of amides is 1. The molecule has 1 N–H and O–H groups in total. The molecule has 0 saturated carbocycles. The molecule has 6 nitrogen and oxygen atoms in total. The molecule has 0 aliphatic rings. The van der Waals surface area contributed by atoms with Crippen molar-refractivity contribution in [2.24, 2.45) is 0 Å². The van der Waals surface area contributed by atoms with Crippen LogP contribution in [0, 0.1) is 0 Å². The van der Waals surface area contributed by atoms with Crippen molar-refractivity contribution in [3.63, 3.8) is 0 Å². The molecule has 6 heteroatoms. The van der Waals surface area contributed by atoms with Gasteiger partial charge in [0, 0.05) is 24.9 Å². The molecular weight excluding hydrogens is 280 g/mol. The highest BCUT2D eigenvalue weighted by Crippen LogP contribution is 2.24. The number of rotatable bonds is 5. The first kappa shape index (κ1) is 14.3. The normalized spacial score (nSPS) is 11.2. The third-order valence-electron chi connectivity index (χ3n) is 3.46. The summed E-state index contributed by atoms with van der Waals surface area (Å²) >= 11 is 0. The van der Waals surface area contributed by atoms with Gasteiger partial charge in [0.15, 0.2) is 0 Å². The number of nitrogens with one attached hydrogen (secondary N) is 1. The van der Waals surface area contributed by atoms with E-state index in [1.54, 1.807) is 6.07 Å². The van der Waals surface area contributed by atoms with E-state index in [0.717, 1.165) is 16.7 Å². The lowest BCUT2D eigenvalue weighted by Gasteiger charge is -2.13. The lowest BCUT2D eigenvalue weighted by molar-refractivity contribution is -0.116. The predicted molar refractivity (Wildman–Crippen MR) is 83.6 cm³/mol. The van der Waals surface area contributed by atoms with Crippen LogP contribution in [-0.2, 0) is 11.2 Å². The molecule has 0 fully saturated rings. The number of fused-ring (bicyclic) bond motifs is 1. The van der Waals surface area contributed by atoms with E-state index in [2.05, 4.69) is 29.3 Å². The first-order valence-corrected chi connectivity index (χ1v) is 7.31. The summed E-state index contributed by atoms with van der Waals surface area (Å²) in [6.07, 6.45) is 2.39. The van der Waals surface area contributed by atoms with E-state index in [0.29, 0.717) is 18.8 Å². The number of carbonyl (C=O) groups excluding carboxylic acids is 1. The number of hydrogen-bond acceptors (Lipinski definition) is 4. The van der Waals surface area contributed by atoms with Crippen LogP contribution in [0.25, 0.3) is 11.0 Å². The van der Waals surface area contributed by atoms with Gasteiger partial charge in [-0.25, -0.2) is 4.98 Å². The molecule has 0 spiro atoms. The number of anilines is 1. The fraction of sp³-hybridized carbons (Fsp3) is 0.312. The molecular formula is C16H18N4O2. The summed E-state index contributed by atoms with van der Waals surface area (Å²) in [5.74, 6) is 0.501. The molecule has 0 bridgehead atoms. The van der Waals surface area contributed by atoms with Crippen LogP contribution in [0.2, 0.25) is 0 Å². The highest BCUT2D eigenvalue weighted by atomic mass is 16.5. The molecule has 0 unspecified atom stereocenters. The van der Waals surface area contributed by atoms with Crippen LogP contribution < -0.4 is 5.32 Å². The topological polar surface area (TPSA) is 73.0 Å². The fourth-order valence-corrected chi connectivity index (χ4v) is 2.45. The maximum Gasteiger partial charge on any atom is 0.227 e. The number of aromatic nitrogens is 3. The number of imidazole rings is 1. The van der Waals surface area contributed by atoms with Crippen molar-refractivity contribution in [2.45, 2.75) is 32.7 Å². The molecule has 22 heavy (non-hydrogen) atoms. The zero-order valence-electron chi connectivity index (χ0n) is 12.6. The highest BCUT2D eigenvalue weighted by Gasteiger charge is 2.15. The number of nitrogens with zero attached hydrogens (tertiary/aromatic N) is 3. The van der Waals surface area contributed by atoms with Crippen molar-refractivity contribution in [2.75, 3.05) is 5.32 Å². The summed E-state index contributed by atoms with van der Waals surface area (Å²) < 4.78 is 6.79. The average Bonchev–Trinajstić information content (AvgIpc) is 3.11. The Bertz CT molecular complexity index is 775. The zero-order chi connectivity index (χ0) is 15.5. The Morgan fingerprint density at radius 2 is 2.14 bits per heavy atom. The number of benzene rings is 1. The molecule has 1 amide bonds. The van der Waals surface area contributed by atoms with Crippen LogP contribution in [0.1, 0.15) is 32.0 Å². The molecule has 0 aliphatic carbocycles. The van der Waals surface area contributed by atoms with Gasteiger partial charge in [-0.1, -0.05) is 17.3 Å². The van der Waals surface area contributed by atoms with E-state index in [-0.39, 0.29) is 11.9 Å². The molecule has 3 rings (SSSR count). The first-order valence-electron chi connectivity index (χ1n) is 7.31. The Morgan fingerprint density at radius 3 is 2.86 bits per heavy atom. The molecule has 0 aliphatic heterocycles. The zero-order valence-corrected chi connectivity index (χ0v) is 12.6. The molecule has 0 radical (unpaired) electrons. The van der Waals surface area contributed by atoms with Crippen LogP contribution in [0.15, 0.2) is 41.1 Å². The lowest BCUT2D eigenvalue weighted by atomic mass is 10.2. The van der Waals surface area contributed by atoms with E-state index in [1.807, 2.05) is 28.8 Å². The predicted octanol–water partition coefficient (Wildman–Crippen LogP) is 3.18. The summed E-state index contributed by atoms with van der Waals surface area (Å²) in [7, 11) is 0. The lowest BCUT2D eigenvalue weighted by Crippen LogP contribution is -2.17. The standard InChI is InChI=1S/C16H18N4O2/c1-11(2)20-14-6-4-3-5-13(14)17-16(20)18-15(21)8-7-12-9-10-22-19-12/h3-6,9-11H,7-8H2,1-2H3,(H,17,18,21). The highest BCUT2D eigenvalue weighted by molar-refractivity contribution is 5.91. The molecule has 0 saturated heterocycles. The fourth-order valence-electron chi connectivity index (χ4n) is 2.45. The van der Waals surface area contributed by atoms with Crippen molar-refractivity contribution in [3.05, 3.63) is 42.3 Å². The largest absolute Gasteiger partial charge is 0.365 e. The second-order valence-electron chi connectivity index (χ2n) is 5.43. The van der Waals surface area contributed by atoms with Gasteiger partial charge in [-0.2, -0.15) is 0 Å². The van der Waals surface area contributed by atoms with Gasteiger partial charge in [-0.15, -0.1) is 0 Å². The van der Waals surface area contributed by atoms with Gasteiger partial charge in [0.1, 0.15) is 6.26 Å². The summed E-state index contributed by atoms with van der Waals surface area (Å²) in [6.45, 7) is 4.14. The van der Waals surface area contributed by atoms with E-state index in [9.17, 15) is 4.79 Å². The number of carbonyl (C=O) groups is 1.